The number of unbranched alkanes of at least 4 members (excludes halogenated alkanes) is 4. The van der Waals surface area contributed by atoms with Crippen molar-refractivity contribution in [3.05, 3.63) is 95.1 Å². The summed E-state index contributed by atoms with van der Waals surface area (Å²) in [7, 11) is 0. The number of nitrogens with zero attached hydrogens (tertiary/aromatic N) is 2. The van der Waals surface area contributed by atoms with E-state index in [1.165, 1.54) is 47.9 Å². The number of benzene rings is 3. The summed E-state index contributed by atoms with van der Waals surface area (Å²) in [6.45, 7) is 13.1. The molecule has 0 radical (unpaired) electrons. The monoisotopic (exact) mass is 560 g/mol. The zero-order chi connectivity index (χ0) is 29.6. The van der Waals surface area contributed by atoms with E-state index in [1.807, 2.05) is 24.3 Å². The Kier molecular flexibility index (Phi) is 9.41. The van der Waals surface area contributed by atoms with Crippen LogP contribution < -0.4 is 0 Å². The Labute approximate surface area is 250 Å². The smallest absolute Gasteiger partial charge is 0.227 e. The highest BCUT2D eigenvalue weighted by molar-refractivity contribution is 5.83. The van der Waals surface area contributed by atoms with Gasteiger partial charge in [-0.25, -0.2) is 9.97 Å². The molecule has 0 bridgehead atoms. The van der Waals surface area contributed by atoms with Crippen LogP contribution in [0, 0.1) is 13.8 Å². The average Bonchev–Trinajstić information content (AvgIpc) is 3.61. The van der Waals surface area contributed by atoms with Crippen molar-refractivity contribution < 1.29 is 8.83 Å². The van der Waals surface area contributed by atoms with Gasteiger partial charge in [0.2, 0.25) is 11.8 Å². The van der Waals surface area contributed by atoms with Crippen molar-refractivity contribution in [2.24, 2.45) is 0 Å². The number of allylic oxidation sites excluding steroid dienone is 4. The number of rotatable bonds is 12. The minimum atomic E-state index is 0.259. The Morgan fingerprint density at radius 2 is 1.05 bits per heavy atom. The lowest BCUT2D eigenvalue weighted by Gasteiger charge is -2.08. The molecule has 2 heterocycles. The fraction of sp³-hybridized carbons (Fsp3) is 0.368. The zero-order valence-corrected chi connectivity index (χ0v) is 26.0. The van der Waals surface area contributed by atoms with E-state index in [4.69, 9.17) is 18.8 Å². The number of aryl methyl sites for hydroxylation is 2. The van der Waals surface area contributed by atoms with E-state index in [1.54, 1.807) is 0 Å². The number of hydrogen-bond acceptors (Lipinski definition) is 4. The molecule has 0 aliphatic rings. The summed E-state index contributed by atoms with van der Waals surface area (Å²) in [5.41, 5.74) is 10.1. The molecule has 5 aromatic rings. The topological polar surface area (TPSA) is 52.1 Å². The van der Waals surface area contributed by atoms with Gasteiger partial charge < -0.3 is 8.83 Å². The van der Waals surface area contributed by atoms with Crippen molar-refractivity contribution in [2.45, 2.75) is 91.9 Å². The number of hydrogen-bond donors (Lipinski definition) is 0. The summed E-state index contributed by atoms with van der Waals surface area (Å²) in [6.07, 6.45) is 16.2. The first-order valence-corrected chi connectivity index (χ1v) is 15.6. The summed E-state index contributed by atoms with van der Waals surface area (Å²) < 4.78 is 12.8. The van der Waals surface area contributed by atoms with E-state index in [0.717, 1.165) is 46.2 Å². The standard InChI is InChI=1S/C38H44N2O2/c1-7-9-11-13-15-27(5)31-21-25(3)23-33-35(31)41-37(39-33)29-17-19-30(20-18-29)38-40-34-24-26(4)22-32(36(34)42-38)28(6)16-14-12-10-8-2/h13-24,27-28H,7-12H2,1-6H3. The molecule has 42 heavy (non-hydrogen) atoms. The Hall–Kier alpha value is -3.92. The first-order chi connectivity index (χ1) is 20.4. The van der Waals surface area contributed by atoms with Crippen LogP contribution in [-0.2, 0) is 0 Å². The van der Waals surface area contributed by atoms with Crippen LogP contribution in [0.5, 0.6) is 0 Å². The molecular formula is C38H44N2O2. The molecule has 2 unspecified atom stereocenters. The number of fused-ring (bicyclic) bond motifs is 2. The van der Waals surface area contributed by atoms with Crippen molar-refractivity contribution in [1.82, 2.24) is 9.97 Å². The predicted octanol–water partition coefficient (Wildman–Crippen LogP) is 11.6. The van der Waals surface area contributed by atoms with Crippen molar-refractivity contribution in [3.8, 4) is 22.9 Å². The molecule has 0 N–H and O–H groups in total. The molecule has 218 valence electrons. The molecule has 0 aliphatic carbocycles. The first kappa shape index (κ1) is 29.6. The third kappa shape index (κ3) is 6.59. The van der Waals surface area contributed by atoms with Crippen LogP contribution in [0.15, 0.2) is 81.7 Å². The van der Waals surface area contributed by atoms with Crippen molar-refractivity contribution >= 4 is 22.2 Å². The fourth-order valence-corrected chi connectivity index (χ4v) is 5.54. The molecule has 3 aromatic carbocycles. The molecule has 0 fully saturated rings. The molecule has 4 nitrogen and oxygen atoms in total. The second-order valence-electron chi connectivity index (χ2n) is 11.7. The molecule has 0 spiro atoms. The highest BCUT2D eigenvalue weighted by atomic mass is 16.4. The van der Waals surface area contributed by atoms with E-state index in [2.05, 4.69) is 90.1 Å². The minimum absolute atomic E-state index is 0.259. The Bertz CT molecular complexity index is 1570. The SMILES string of the molecule is CCCCC=CC(C)c1cc(C)cc2nc(-c3ccc(-c4nc5cc(C)cc(C(C)C=CCCCC)c5o4)cc3)oc12. The molecule has 5 rings (SSSR count). The fourth-order valence-electron chi connectivity index (χ4n) is 5.54. The summed E-state index contributed by atoms with van der Waals surface area (Å²) in [5, 5.41) is 0. The zero-order valence-electron chi connectivity index (χ0n) is 26.0. The number of oxazole rings is 2. The molecular weight excluding hydrogens is 516 g/mol. The van der Waals surface area contributed by atoms with Crippen molar-refractivity contribution in [2.75, 3.05) is 0 Å². The van der Waals surface area contributed by atoms with Gasteiger partial charge in [0, 0.05) is 34.1 Å². The van der Waals surface area contributed by atoms with Gasteiger partial charge in [-0.1, -0.05) is 89.8 Å². The van der Waals surface area contributed by atoms with Crippen LogP contribution in [0.1, 0.15) is 100 Å². The maximum absolute atomic E-state index is 6.39. The molecule has 2 aromatic heterocycles. The second kappa shape index (κ2) is 13.4. The Balaban J connectivity index is 1.42. The van der Waals surface area contributed by atoms with Gasteiger partial charge in [0.15, 0.2) is 11.2 Å². The van der Waals surface area contributed by atoms with Gasteiger partial charge in [-0.3, -0.25) is 0 Å². The maximum atomic E-state index is 6.39. The van der Waals surface area contributed by atoms with Gasteiger partial charge >= 0.3 is 0 Å². The van der Waals surface area contributed by atoms with Crippen molar-refractivity contribution in [1.29, 1.82) is 0 Å². The van der Waals surface area contributed by atoms with E-state index >= 15 is 0 Å². The van der Waals surface area contributed by atoms with Crippen molar-refractivity contribution in [3.63, 3.8) is 0 Å². The predicted molar refractivity (Wildman–Crippen MR) is 176 cm³/mol. The third-order valence-corrected chi connectivity index (χ3v) is 7.98. The van der Waals surface area contributed by atoms with Gasteiger partial charge in [-0.05, 0) is 74.2 Å². The third-order valence-electron chi connectivity index (χ3n) is 7.98. The number of aromatic nitrogens is 2. The summed E-state index contributed by atoms with van der Waals surface area (Å²) in [6, 6.07) is 16.8. The highest BCUT2D eigenvalue weighted by Gasteiger charge is 2.18. The maximum Gasteiger partial charge on any atom is 0.227 e. The van der Waals surface area contributed by atoms with Crippen LogP contribution >= 0.6 is 0 Å². The van der Waals surface area contributed by atoms with Gasteiger partial charge in [0.1, 0.15) is 11.0 Å². The lowest BCUT2D eigenvalue weighted by atomic mass is 9.97. The van der Waals surface area contributed by atoms with E-state index < -0.39 is 0 Å². The molecule has 0 aliphatic heterocycles. The quantitative estimate of drug-likeness (QED) is 0.112. The summed E-state index contributed by atoms with van der Waals surface area (Å²) in [4.78, 5) is 9.75. The Morgan fingerprint density at radius 3 is 1.43 bits per heavy atom. The molecule has 0 saturated carbocycles. The summed E-state index contributed by atoms with van der Waals surface area (Å²) >= 11 is 0. The van der Waals surface area contributed by atoms with E-state index in [-0.39, 0.29) is 11.8 Å². The summed E-state index contributed by atoms with van der Waals surface area (Å²) in [5.74, 6) is 1.78. The van der Waals surface area contributed by atoms with Crippen LogP contribution in [-0.4, -0.2) is 9.97 Å². The van der Waals surface area contributed by atoms with Crippen LogP contribution in [0.3, 0.4) is 0 Å². The Morgan fingerprint density at radius 1 is 0.643 bits per heavy atom. The minimum Gasteiger partial charge on any atom is -0.436 e. The first-order valence-electron chi connectivity index (χ1n) is 15.6. The average molecular weight is 561 g/mol. The lowest BCUT2D eigenvalue weighted by molar-refractivity contribution is 0.611. The van der Waals surface area contributed by atoms with E-state index in [9.17, 15) is 0 Å². The normalized spacial score (nSPS) is 13.7. The second-order valence-corrected chi connectivity index (χ2v) is 11.7. The lowest BCUT2D eigenvalue weighted by Crippen LogP contribution is -1.91. The van der Waals surface area contributed by atoms with Crippen LogP contribution in [0.4, 0.5) is 0 Å². The van der Waals surface area contributed by atoms with Crippen LogP contribution in [0.25, 0.3) is 45.1 Å². The van der Waals surface area contributed by atoms with Gasteiger partial charge in [-0.2, -0.15) is 0 Å². The van der Waals surface area contributed by atoms with Gasteiger partial charge in [0.25, 0.3) is 0 Å². The van der Waals surface area contributed by atoms with Gasteiger partial charge in [-0.15, -0.1) is 0 Å². The molecule has 0 saturated heterocycles. The largest absolute Gasteiger partial charge is 0.436 e. The molecule has 4 heteroatoms. The molecule has 0 amide bonds. The van der Waals surface area contributed by atoms with Gasteiger partial charge in [0.05, 0.1) is 0 Å². The van der Waals surface area contributed by atoms with E-state index in [0.29, 0.717) is 11.8 Å². The molecule has 2 atom stereocenters. The highest BCUT2D eigenvalue weighted by Crippen LogP contribution is 2.35. The van der Waals surface area contributed by atoms with Crippen LogP contribution in [0.2, 0.25) is 0 Å².